The van der Waals surface area contributed by atoms with Gasteiger partial charge in [0.25, 0.3) is 0 Å². The summed E-state index contributed by atoms with van der Waals surface area (Å²) in [5.41, 5.74) is 9.21. The summed E-state index contributed by atoms with van der Waals surface area (Å²) in [5, 5.41) is 2.24. The van der Waals surface area contributed by atoms with Crippen molar-refractivity contribution in [1.29, 1.82) is 0 Å². The first kappa shape index (κ1) is 25.2. The van der Waals surface area contributed by atoms with Crippen LogP contribution in [0.4, 0.5) is 0 Å². The zero-order valence-corrected chi connectivity index (χ0v) is 24.9. The van der Waals surface area contributed by atoms with Crippen LogP contribution in [0.2, 0.25) is 0 Å². The summed E-state index contributed by atoms with van der Waals surface area (Å²) in [5.74, 6) is 0. The van der Waals surface area contributed by atoms with Gasteiger partial charge in [-0.15, -0.1) is 22.7 Å². The molecule has 0 radical (unpaired) electrons. The standard InChI is InChI=1S/C38H22N4S2/c1-3-13-23(14-4-1)31-33(39-35-27-19-9-11-21-29(27)43-37(35)41-31)25-17-7-8-18-26(25)34-32(24-15-5-2-6-16-24)42-38-36(40-34)28-20-10-12-22-30(28)44-38/h1-22H. The highest BCUT2D eigenvalue weighted by Crippen LogP contribution is 2.43. The molecular weight excluding hydrogens is 577 g/mol. The zero-order chi connectivity index (χ0) is 29.0. The highest BCUT2D eigenvalue weighted by Gasteiger charge is 2.23. The Hall–Kier alpha value is -5.30. The highest BCUT2D eigenvalue weighted by molar-refractivity contribution is 7.25. The van der Waals surface area contributed by atoms with Gasteiger partial charge in [-0.1, -0.05) is 121 Å². The third-order valence-electron chi connectivity index (χ3n) is 7.96. The molecule has 6 heteroatoms. The van der Waals surface area contributed by atoms with Gasteiger partial charge in [0, 0.05) is 42.4 Å². The first-order valence-electron chi connectivity index (χ1n) is 14.4. The van der Waals surface area contributed by atoms with E-state index in [0.717, 1.165) is 76.5 Å². The van der Waals surface area contributed by atoms with E-state index in [-0.39, 0.29) is 0 Å². The fourth-order valence-corrected chi connectivity index (χ4v) is 7.95. The molecule has 0 N–H and O–H groups in total. The fraction of sp³-hybridized carbons (Fsp3) is 0. The monoisotopic (exact) mass is 598 g/mol. The Kier molecular flexibility index (Phi) is 5.82. The average molecular weight is 599 g/mol. The zero-order valence-electron chi connectivity index (χ0n) is 23.3. The maximum atomic E-state index is 5.40. The first-order valence-corrected chi connectivity index (χ1v) is 16.0. The van der Waals surface area contributed by atoms with Gasteiger partial charge in [0.2, 0.25) is 0 Å². The minimum Gasteiger partial charge on any atom is -0.242 e. The van der Waals surface area contributed by atoms with E-state index < -0.39 is 0 Å². The summed E-state index contributed by atoms with van der Waals surface area (Å²) in [7, 11) is 0. The van der Waals surface area contributed by atoms with E-state index >= 15 is 0 Å². The lowest BCUT2D eigenvalue weighted by molar-refractivity contribution is 1.29. The van der Waals surface area contributed by atoms with Gasteiger partial charge < -0.3 is 0 Å². The topological polar surface area (TPSA) is 51.6 Å². The summed E-state index contributed by atoms with van der Waals surface area (Å²) >= 11 is 3.37. The lowest BCUT2D eigenvalue weighted by Crippen LogP contribution is -1.99. The minimum absolute atomic E-state index is 0.832. The number of nitrogens with zero attached hydrogens (tertiary/aromatic N) is 4. The van der Waals surface area contributed by atoms with Crippen molar-refractivity contribution in [3.63, 3.8) is 0 Å². The van der Waals surface area contributed by atoms with Crippen molar-refractivity contribution in [2.24, 2.45) is 0 Å². The van der Waals surface area contributed by atoms with Gasteiger partial charge in [0.15, 0.2) is 0 Å². The van der Waals surface area contributed by atoms with Crippen LogP contribution in [0, 0.1) is 0 Å². The Labute approximate surface area is 261 Å². The molecule has 0 unspecified atom stereocenters. The molecule has 0 spiro atoms. The molecule has 0 aliphatic heterocycles. The van der Waals surface area contributed by atoms with Gasteiger partial charge >= 0.3 is 0 Å². The first-order chi connectivity index (χ1) is 21.8. The van der Waals surface area contributed by atoms with Crippen LogP contribution in [0.1, 0.15) is 0 Å². The molecule has 0 saturated carbocycles. The summed E-state index contributed by atoms with van der Waals surface area (Å²) < 4.78 is 2.36. The second kappa shape index (κ2) is 10.2. The Bertz CT molecular complexity index is 2320. The van der Waals surface area contributed by atoms with Crippen molar-refractivity contribution in [3.8, 4) is 45.0 Å². The van der Waals surface area contributed by atoms with E-state index in [1.165, 1.54) is 9.40 Å². The molecule has 0 aliphatic rings. The maximum Gasteiger partial charge on any atom is 0.143 e. The van der Waals surface area contributed by atoms with E-state index in [1.54, 1.807) is 22.7 Å². The van der Waals surface area contributed by atoms with E-state index in [0.29, 0.717) is 0 Å². The van der Waals surface area contributed by atoms with Crippen LogP contribution in [-0.2, 0) is 0 Å². The van der Waals surface area contributed by atoms with Gasteiger partial charge in [0.1, 0.15) is 20.7 Å². The van der Waals surface area contributed by atoms with Crippen LogP contribution in [0.15, 0.2) is 133 Å². The molecule has 5 aromatic carbocycles. The molecule has 4 heterocycles. The lowest BCUT2D eigenvalue weighted by atomic mass is 9.95. The Morgan fingerprint density at radius 3 is 1.18 bits per heavy atom. The number of hydrogen-bond donors (Lipinski definition) is 0. The Morgan fingerprint density at radius 2 is 0.727 bits per heavy atom. The fourth-order valence-electron chi connectivity index (χ4n) is 5.91. The van der Waals surface area contributed by atoms with E-state index in [1.807, 2.05) is 12.1 Å². The molecule has 206 valence electrons. The second-order valence-corrected chi connectivity index (χ2v) is 12.7. The molecule has 9 rings (SSSR count). The molecule has 44 heavy (non-hydrogen) atoms. The van der Waals surface area contributed by atoms with Crippen molar-refractivity contribution < 1.29 is 0 Å². The van der Waals surface area contributed by atoms with Gasteiger partial charge in [0.05, 0.1) is 22.8 Å². The van der Waals surface area contributed by atoms with Gasteiger partial charge in [-0.05, 0) is 12.1 Å². The number of hydrogen-bond acceptors (Lipinski definition) is 6. The predicted octanol–water partition coefficient (Wildman–Crippen LogP) is 10.7. The molecule has 0 amide bonds. The number of aromatic nitrogens is 4. The molecule has 9 aromatic rings. The van der Waals surface area contributed by atoms with Gasteiger partial charge in [-0.25, -0.2) is 19.9 Å². The third kappa shape index (κ3) is 4.03. The second-order valence-electron chi connectivity index (χ2n) is 10.6. The van der Waals surface area contributed by atoms with Crippen LogP contribution in [0.25, 0.3) is 85.9 Å². The largest absolute Gasteiger partial charge is 0.242 e. The minimum atomic E-state index is 0.832. The normalized spacial score (nSPS) is 11.6. The lowest BCUT2D eigenvalue weighted by Gasteiger charge is -2.15. The molecule has 4 nitrogen and oxygen atoms in total. The smallest absolute Gasteiger partial charge is 0.143 e. The van der Waals surface area contributed by atoms with Gasteiger partial charge in [-0.3, -0.25) is 0 Å². The molecule has 4 aromatic heterocycles. The summed E-state index contributed by atoms with van der Waals surface area (Å²) in [6.07, 6.45) is 0. The van der Waals surface area contributed by atoms with Gasteiger partial charge in [-0.2, -0.15) is 0 Å². The van der Waals surface area contributed by atoms with Crippen LogP contribution in [0.5, 0.6) is 0 Å². The maximum absolute atomic E-state index is 5.40. The van der Waals surface area contributed by atoms with Crippen molar-refractivity contribution in [2.75, 3.05) is 0 Å². The van der Waals surface area contributed by atoms with Crippen molar-refractivity contribution in [2.45, 2.75) is 0 Å². The summed E-state index contributed by atoms with van der Waals surface area (Å²) in [6.45, 7) is 0. The third-order valence-corrected chi connectivity index (χ3v) is 10.1. The molecule has 0 bridgehead atoms. The molecular formula is C38H22N4S2. The quantitative estimate of drug-likeness (QED) is 0.202. The highest BCUT2D eigenvalue weighted by atomic mass is 32.1. The average Bonchev–Trinajstić information content (AvgIpc) is 3.65. The molecule has 0 aliphatic carbocycles. The van der Waals surface area contributed by atoms with E-state index in [2.05, 4.69) is 121 Å². The van der Waals surface area contributed by atoms with E-state index in [4.69, 9.17) is 19.9 Å². The summed E-state index contributed by atoms with van der Waals surface area (Å²) in [4.78, 5) is 23.2. The number of thiophene rings is 2. The number of rotatable bonds is 4. The van der Waals surface area contributed by atoms with Crippen LogP contribution >= 0.6 is 22.7 Å². The number of fused-ring (bicyclic) bond motifs is 6. The van der Waals surface area contributed by atoms with Crippen molar-refractivity contribution >= 4 is 63.5 Å². The Morgan fingerprint density at radius 1 is 0.341 bits per heavy atom. The van der Waals surface area contributed by atoms with E-state index in [9.17, 15) is 0 Å². The SMILES string of the molecule is c1ccc(-c2nc3sc4ccccc4c3nc2-c2ccccc2-c2nc3c(nc2-c2ccccc2)sc2ccccc23)cc1. The van der Waals surface area contributed by atoms with Crippen LogP contribution < -0.4 is 0 Å². The molecule has 0 saturated heterocycles. The van der Waals surface area contributed by atoms with Crippen molar-refractivity contribution in [1.82, 2.24) is 19.9 Å². The Balaban J connectivity index is 1.38. The molecule has 0 fully saturated rings. The number of benzene rings is 5. The van der Waals surface area contributed by atoms with Crippen LogP contribution in [-0.4, -0.2) is 19.9 Å². The predicted molar refractivity (Wildman–Crippen MR) is 185 cm³/mol. The summed E-state index contributed by atoms with van der Waals surface area (Å²) in [6, 6.07) is 45.9. The van der Waals surface area contributed by atoms with Crippen molar-refractivity contribution in [3.05, 3.63) is 133 Å². The molecule has 0 atom stereocenters. The van der Waals surface area contributed by atoms with Crippen LogP contribution in [0.3, 0.4) is 0 Å².